The molecule has 84 valence electrons. The minimum Gasteiger partial charge on any atom is -0.147 e. The minimum absolute atomic E-state index is 0.347. The summed E-state index contributed by atoms with van der Waals surface area (Å²) in [6, 6.07) is 1.98. The van der Waals surface area contributed by atoms with Crippen molar-refractivity contribution in [1.29, 1.82) is 0 Å². The maximum absolute atomic E-state index is 6.38. The van der Waals surface area contributed by atoms with Gasteiger partial charge in [-0.2, -0.15) is 0 Å². The van der Waals surface area contributed by atoms with E-state index >= 15 is 0 Å². The Hall–Kier alpha value is 0.280. The fourth-order valence-corrected chi connectivity index (χ4v) is 3.91. The van der Waals surface area contributed by atoms with Crippen LogP contribution in [0.5, 0.6) is 0 Å². The van der Waals surface area contributed by atoms with E-state index in [-0.39, 0.29) is 0 Å². The number of hydrogen-bond donors (Lipinski definition) is 0. The first-order chi connectivity index (χ1) is 7.16. The molecule has 0 aliphatic heterocycles. The Labute approximate surface area is 106 Å². The molecule has 0 spiro atoms. The highest BCUT2D eigenvalue weighted by Gasteiger charge is 2.27. The average molecular weight is 263 g/mol. The van der Waals surface area contributed by atoms with Crippen molar-refractivity contribution >= 4 is 34.5 Å². The van der Waals surface area contributed by atoms with Gasteiger partial charge in [0.15, 0.2) is 0 Å². The molecule has 1 aromatic rings. The van der Waals surface area contributed by atoms with Crippen LogP contribution in [0.15, 0.2) is 11.4 Å². The van der Waals surface area contributed by atoms with Gasteiger partial charge in [0.25, 0.3) is 0 Å². The molecule has 15 heavy (non-hydrogen) atoms. The quantitative estimate of drug-likeness (QED) is 0.659. The molecule has 0 nitrogen and oxygen atoms in total. The van der Waals surface area contributed by atoms with Crippen molar-refractivity contribution in [3.8, 4) is 0 Å². The third-order valence-corrected chi connectivity index (χ3v) is 5.27. The first-order valence-corrected chi connectivity index (χ1v) is 7.22. The number of rotatable bonds is 2. The van der Waals surface area contributed by atoms with Crippen molar-refractivity contribution in [2.24, 2.45) is 11.8 Å². The van der Waals surface area contributed by atoms with Crippen LogP contribution in [0, 0.1) is 11.8 Å². The highest BCUT2D eigenvalue weighted by atomic mass is 35.5. The van der Waals surface area contributed by atoms with Crippen molar-refractivity contribution < 1.29 is 0 Å². The zero-order chi connectivity index (χ0) is 10.8. The summed E-state index contributed by atoms with van der Waals surface area (Å²) in [5.74, 6) is 1.44. The van der Waals surface area contributed by atoms with Crippen LogP contribution in [-0.4, -0.2) is 5.38 Å². The monoisotopic (exact) mass is 262 g/mol. The Bertz CT molecular complexity index is 321. The molecular weight excluding hydrogens is 247 g/mol. The first kappa shape index (κ1) is 11.8. The van der Waals surface area contributed by atoms with Gasteiger partial charge in [-0.05, 0) is 49.0 Å². The number of thiophene rings is 1. The molecule has 0 bridgehead atoms. The van der Waals surface area contributed by atoms with Gasteiger partial charge >= 0.3 is 0 Å². The van der Waals surface area contributed by atoms with E-state index in [1.54, 1.807) is 11.3 Å². The van der Waals surface area contributed by atoms with E-state index in [0.29, 0.717) is 11.3 Å². The maximum atomic E-state index is 6.38. The summed E-state index contributed by atoms with van der Waals surface area (Å²) >= 11 is 14.2. The molecule has 1 heterocycles. The van der Waals surface area contributed by atoms with Crippen molar-refractivity contribution in [3.63, 3.8) is 0 Å². The largest absolute Gasteiger partial charge is 0.147 e. The summed E-state index contributed by atoms with van der Waals surface area (Å²) < 4.78 is 0. The smallest absolute Gasteiger partial charge is 0.0545 e. The van der Waals surface area contributed by atoms with Gasteiger partial charge in [0.05, 0.1) is 5.02 Å². The fourth-order valence-electron chi connectivity index (χ4n) is 2.38. The third kappa shape index (κ3) is 2.89. The molecule has 2 rings (SSSR count). The fraction of sp³-hybridized carbons (Fsp3) is 0.667. The molecule has 0 N–H and O–H groups in total. The van der Waals surface area contributed by atoms with Gasteiger partial charge in [0.1, 0.15) is 0 Å². The highest BCUT2D eigenvalue weighted by Crippen LogP contribution is 2.36. The van der Waals surface area contributed by atoms with Gasteiger partial charge in [-0.1, -0.05) is 18.5 Å². The number of alkyl halides is 1. The standard InChI is InChI=1S/C12H16Cl2S/c1-8-2-3-10(13)9(6-8)7-12-11(14)4-5-15-12/h4-5,8-10H,2-3,6-7H2,1H3. The molecule has 3 heteroatoms. The minimum atomic E-state index is 0.347. The van der Waals surface area contributed by atoms with Crippen molar-refractivity contribution in [2.75, 3.05) is 0 Å². The van der Waals surface area contributed by atoms with Gasteiger partial charge in [0, 0.05) is 10.3 Å². The van der Waals surface area contributed by atoms with Crippen molar-refractivity contribution in [3.05, 3.63) is 21.3 Å². The van der Waals surface area contributed by atoms with E-state index in [1.807, 2.05) is 6.07 Å². The van der Waals surface area contributed by atoms with E-state index < -0.39 is 0 Å². The van der Waals surface area contributed by atoms with Crippen LogP contribution in [0.2, 0.25) is 5.02 Å². The summed E-state index contributed by atoms with van der Waals surface area (Å²) in [5.41, 5.74) is 0. The van der Waals surface area contributed by atoms with Crippen LogP contribution in [0.1, 0.15) is 31.1 Å². The Morgan fingerprint density at radius 2 is 2.27 bits per heavy atom. The lowest BCUT2D eigenvalue weighted by Gasteiger charge is -2.31. The first-order valence-electron chi connectivity index (χ1n) is 5.52. The Balaban J connectivity index is 2.01. The Morgan fingerprint density at radius 3 is 2.93 bits per heavy atom. The van der Waals surface area contributed by atoms with E-state index in [9.17, 15) is 0 Å². The van der Waals surface area contributed by atoms with Crippen LogP contribution >= 0.6 is 34.5 Å². The maximum Gasteiger partial charge on any atom is 0.0545 e. The Kier molecular flexibility index (Phi) is 3.98. The van der Waals surface area contributed by atoms with Crippen LogP contribution in [-0.2, 0) is 6.42 Å². The molecule has 1 fully saturated rings. The van der Waals surface area contributed by atoms with Crippen LogP contribution in [0.25, 0.3) is 0 Å². The van der Waals surface area contributed by atoms with Gasteiger partial charge in [-0.25, -0.2) is 0 Å². The van der Waals surface area contributed by atoms with E-state index in [1.165, 1.54) is 17.7 Å². The predicted molar refractivity (Wildman–Crippen MR) is 69.2 cm³/mol. The second-order valence-electron chi connectivity index (χ2n) is 4.59. The molecule has 3 atom stereocenters. The van der Waals surface area contributed by atoms with Crippen LogP contribution < -0.4 is 0 Å². The molecule has 0 amide bonds. The van der Waals surface area contributed by atoms with Gasteiger partial charge in [0.2, 0.25) is 0 Å². The van der Waals surface area contributed by atoms with E-state index in [2.05, 4.69) is 12.3 Å². The van der Waals surface area contributed by atoms with Crippen molar-refractivity contribution in [2.45, 2.75) is 38.0 Å². The molecule has 1 aromatic heterocycles. The zero-order valence-electron chi connectivity index (χ0n) is 8.88. The second-order valence-corrected chi connectivity index (χ2v) is 6.56. The molecule has 0 aromatic carbocycles. The molecule has 0 saturated heterocycles. The molecule has 0 radical (unpaired) electrons. The van der Waals surface area contributed by atoms with Gasteiger partial charge < -0.3 is 0 Å². The average Bonchev–Trinajstić information content (AvgIpc) is 2.58. The predicted octanol–water partition coefficient (Wildman–Crippen LogP) is 4.99. The summed E-state index contributed by atoms with van der Waals surface area (Å²) in [7, 11) is 0. The molecule has 1 aliphatic carbocycles. The van der Waals surface area contributed by atoms with E-state index in [0.717, 1.165) is 23.8 Å². The lowest BCUT2D eigenvalue weighted by molar-refractivity contribution is 0.288. The molecule has 1 aliphatic rings. The third-order valence-electron chi connectivity index (χ3n) is 3.29. The SMILES string of the molecule is CC1CCC(Cl)C(Cc2sccc2Cl)C1. The zero-order valence-corrected chi connectivity index (χ0v) is 11.2. The highest BCUT2D eigenvalue weighted by molar-refractivity contribution is 7.10. The molecular formula is C12H16Cl2S. The summed E-state index contributed by atoms with van der Waals surface area (Å²) in [5, 5.41) is 3.33. The lowest BCUT2D eigenvalue weighted by atomic mass is 9.80. The molecule has 1 saturated carbocycles. The number of halogens is 2. The second kappa shape index (κ2) is 5.07. The lowest BCUT2D eigenvalue weighted by Crippen LogP contribution is -2.25. The topological polar surface area (TPSA) is 0 Å². The van der Waals surface area contributed by atoms with Crippen LogP contribution in [0.4, 0.5) is 0 Å². The van der Waals surface area contributed by atoms with Crippen molar-refractivity contribution in [1.82, 2.24) is 0 Å². The summed E-state index contributed by atoms with van der Waals surface area (Å²) in [4.78, 5) is 1.31. The van der Waals surface area contributed by atoms with E-state index in [4.69, 9.17) is 23.2 Å². The van der Waals surface area contributed by atoms with Crippen LogP contribution in [0.3, 0.4) is 0 Å². The summed E-state index contributed by atoms with van der Waals surface area (Å²) in [6.45, 7) is 2.33. The number of hydrogen-bond acceptors (Lipinski definition) is 1. The van der Waals surface area contributed by atoms with Gasteiger partial charge in [-0.3, -0.25) is 0 Å². The molecule has 3 unspecified atom stereocenters. The van der Waals surface area contributed by atoms with Gasteiger partial charge in [-0.15, -0.1) is 22.9 Å². The normalized spacial score (nSPS) is 31.8. The summed E-state index contributed by atoms with van der Waals surface area (Å²) in [6.07, 6.45) is 4.76. The Morgan fingerprint density at radius 1 is 1.47 bits per heavy atom.